The average molecular weight is 223 g/mol. The molecule has 0 unspecified atom stereocenters. The molecule has 0 bridgehead atoms. The van der Waals surface area contributed by atoms with Gasteiger partial charge in [0.1, 0.15) is 0 Å². The lowest BCUT2D eigenvalue weighted by Crippen LogP contribution is -2.29. The molecular formula is C12H17NO3. The van der Waals surface area contributed by atoms with Gasteiger partial charge < -0.3 is 9.64 Å². The van der Waals surface area contributed by atoms with E-state index >= 15 is 0 Å². The van der Waals surface area contributed by atoms with E-state index in [-0.39, 0.29) is 5.91 Å². The first kappa shape index (κ1) is 14.2. The van der Waals surface area contributed by atoms with E-state index in [0.29, 0.717) is 19.7 Å². The summed E-state index contributed by atoms with van der Waals surface area (Å²) in [6.07, 6.45) is 5.52. The zero-order valence-electron chi connectivity index (χ0n) is 9.52. The zero-order chi connectivity index (χ0) is 12.4. The second-order valence-corrected chi connectivity index (χ2v) is 2.91. The largest absolute Gasteiger partial charge is 0.463 e. The minimum atomic E-state index is -0.520. The molecule has 16 heavy (non-hydrogen) atoms. The van der Waals surface area contributed by atoms with Gasteiger partial charge in [0.15, 0.2) is 0 Å². The van der Waals surface area contributed by atoms with Gasteiger partial charge in [0, 0.05) is 25.2 Å². The fraction of sp³-hybridized carbons (Fsp3) is 0.333. The van der Waals surface area contributed by atoms with Gasteiger partial charge in [0.05, 0.1) is 6.61 Å². The van der Waals surface area contributed by atoms with Crippen LogP contribution in [-0.2, 0) is 14.3 Å². The Balaban J connectivity index is 4.33. The van der Waals surface area contributed by atoms with Gasteiger partial charge in [0.2, 0.25) is 5.91 Å². The zero-order valence-corrected chi connectivity index (χ0v) is 9.52. The minimum Gasteiger partial charge on any atom is -0.463 e. The second-order valence-electron chi connectivity index (χ2n) is 2.91. The number of esters is 1. The summed E-state index contributed by atoms with van der Waals surface area (Å²) in [5, 5.41) is 0. The van der Waals surface area contributed by atoms with Crippen LogP contribution < -0.4 is 0 Å². The molecule has 0 spiro atoms. The van der Waals surface area contributed by atoms with Crippen LogP contribution in [-0.4, -0.2) is 36.5 Å². The number of nitrogens with zero attached hydrogens (tertiary/aromatic N) is 1. The van der Waals surface area contributed by atoms with E-state index in [2.05, 4.69) is 17.9 Å². The molecule has 88 valence electrons. The van der Waals surface area contributed by atoms with Gasteiger partial charge in [-0.2, -0.15) is 0 Å². The SMILES string of the molecule is C=CCN(CC=C)C(=O)/C=C/C(=O)OCC. The lowest BCUT2D eigenvalue weighted by Gasteiger charge is -2.16. The van der Waals surface area contributed by atoms with Crippen molar-refractivity contribution in [1.82, 2.24) is 4.90 Å². The molecule has 4 nitrogen and oxygen atoms in total. The first-order valence-corrected chi connectivity index (χ1v) is 5.01. The molecule has 1 amide bonds. The van der Waals surface area contributed by atoms with Crippen molar-refractivity contribution in [3.63, 3.8) is 0 Å². The minimum absolute atomic E-state index is 0.271. The summed E-state index contributed by atoms with van der Waals surface area (Å²) >= 11 is 0. The molecule has 0 aromatic carbocycles. The molecule has 0 fully saturated rings. The van der Waals surface area contributed by atoms with E-state index in [1.54, 1.807) is 19.1 Å². The predicted octanol–water partition coefficient (Wildman–Crippen LogP) is 1.31. The third-order valence-corrected chi connectivity index (χ3v) is 1.66. The Labute approximate surface area is 95.9 Å². The fourth-order valence-corrected chi connectivity index (χ4v) is 1.00. The maximum absolute atomic E-state index is 11.6. The third kappa shape index (κ3) is 5.80. The van der Waals surface area contributed by atoms with Crippen molar-refractivity contribution < 1.29 is 14.3 Å². The molecule has 0 saturated heterocycles. The van der Waals surface area contributed by atoms with Crippen molar-refractivity contribution >= 4 is 11.9 Å². The van der Waals surface area contributed by atoms with E-state index in [0.717, 1.165) is 6.08 Å². The van der Waals surface area contributed by atoms with Gasteiger partial charge in [-0.1, -0.05) is 12.2 Å². The van der Waals surface area contributed by atoms with Gasteiger partial charge in [-0.05, 0) is 6.92 Å². The van der Waals surface area contributed by atoms with E-state index in [1.165, 1.54) is 11.0 Å². The molecule has 0 N–H and O–H groups in total. The number of rotatable bonds is 7. The summed E-state index contributed by atoms with van der Waals surface area (Å²) in [5.41, 5.74) is 0. The highest BCUT2D eigenvalue weighted by Crippen LogP contribution is 1.93. The van der Waals surface area contributed by atoms with Crippen LogP contribution in [0.5, 0.6) is 0 Å². The maximum Gasteiger partial charge on any atom is 0.330 e. The molecule has 4 heteroatoms. The number of carbonyl (C=O) groups excluding carboxylic acids is 2. The van der Waals surface area contributed by atoms with Crippen LogP contribution in [0.2, 0.25) is 0 Å². The molecule has 0 rings (SSSR count). The summed E-state index contributed by atoms with van der Waals surface area (Å²) in [7, 11) is 0. The van der Waals surface area contributed by atoms with Gasteiger partial charge in [-0.15, -0.1) is 13.2 Å². The van der Waals surface area contributed by atoms with Crippen LogP contribution in [0.25, 0.3) is 0 Å². The molecule has 0 radical (unpaired) electrons. The van der Waals surface area contributed by atoms with E-state index in [9.17, 15) is 9.59 Å². The van der Waals surface area contributed by atoms with Crippen molar-refractivity contribution in [2.24, 2.45) is 0 Å². The highest BCUT2D eigenvalue weighted by Gasteiger charge is 2.07. The quantitative estimate of drug-likeness (QED) is 0.371. The van der Waals surface area contributed by atoms with Crippen LogP contribution in [0, 0.1) is 0 Å². The predicted molar refractivity (Wildman–Crippen MR) is 62.7 cm³/mol. The molecule has 0 aliphatic carbocycles. The second kappa shape index (κ2) is 8.47. The van der Waals surface area contributed by atoms with Crippen LogP contribution in [0.1, 0.15) is 6.92 Å². The number of ether oxygens (including phenoxy) is 1. The Morgan fingerprint density at radius 3 is 2.19 bits per heavy atom. The van der Waals surface area contributed by atoms with Gasteiger partial charge >= 0.3 is 5.97 Å². The Hall–Kier alpha value is -1.84. The van der Waals surface area contributed by atoms with Crippen LogP contribution >= 0.6 is 0 Å². The number of amides is 1. The standard InChI is InChI=1S/C12H17NO3/c1-4-9-13(10-5-2)11(14)7-8-12(15)16-6-3/h4-5,7-8H,1-2,6,9-10H2,3H3/b8-7+. The Morgan fingerprint density at radius 1 is 1.19 bits per heavy atom. The smallest absolute Gasteiger partial charge is 0.330 e. The molecule has 0 aromatic rings. The third-order valence-electron chi connectivity index (χ3n) is 1.66. The molecule has 0 aliphatic heterocycles. The Bertz CT molecular complexity index is 285. The lowest BCUT2D eigenvalue weighted by molar-refractivity contribution is -0.137. The van der Waals surface area contributed by atoms with Gasteiger partial charge in [0.25, 0.3) is 0 Å². The molecule has 0 aromatic heterocycles. The van der Waals surface area contributed by atoms with Crippen LogP contribution in [0.15, 0.2) is 37.5 Å². The van der Waals surface area contributed by atoms with Crippen molar-refractivity contribution in [2.45, 2.75) is 6.92 Å². The molecule has 0 aliphatic rings. The Morgan fingerprint density at radius 2 is 1.75 bits per heavy atom. The first-order chi connectivity index (χ1) is 7.65. The summed E-state index contributed by atoms with van der Waals surface area (Å²) in [6.45, 7) is 9.92. The molecular weight excluding hydrogens is 206 g/mol. The topological polar surface area (TPSA) is 46.6 Å². The maximum atomic E-state index is 11.6. The highest BCUT2D eigenvalue weighted by molar-refractivity contribution is 5.94. The normalized spacial score (nSPS) is 9.81. The van der Waals surface area contributed by atoms with E-state index in [4.69, 9.17) is 0 Å². The van der Waals surface area contributed by atoms with Crippen molar-refractivity contribution in [3.8, 4) is 0 Å². The molecule has 0 atom stereocenters. The Kier molecular flexibility index (Phi) is 7.49. The van der Waals surface area contributed by atoms with E-state index < -0.39 is 5.97 Å². The summed E-state index contributed by atoms with van der Waals surface area (Å²) in [6, 6.07) is 0. The van der Waals surface area contributed by atoms with Crippen molar-refractivity contribution in [2.75, 3.05) is 19.7 Å². The van der Waals surface area contributed by atoms with Gasteiger partial charge in [-0.25, -0.2) is 4.79 Å². The van der Waals surface area contributed by atoms with Crippen LogP contribution in [0.3, 0.4) is 0 Å². The number of carbonyl (C=O) groups is 2. The summed E-state index contributed by atoms with van der Waals surface area (Å²) in [4.78, 5) is 24.0. The van der Waals surface area contributed by atoms with Crippen LogP contribution in [0.4, 0.5) is 0 Å². The molecule has 0 heterocycles. The van der Waals surface area contributed by atoms with Crippen molar-refractivity contribution in [3.05, 3.63) is 37.5 Å². The number of hydrogen-bond acceptors (Lipinski definition) is 3. The first-order valence-electron chi connectivity index (χ1n) is 5.01. The monoisotopic (exact) mass is 223 g/mol. The summed E-state index contributed by atoms with van der Waals surface area (Å²) in [5.74, 6) is -0.791. The average Bonchev–Trinajstić information content (AvgIpc) is 2.26. The van der Waals surface area contributed by atoms with Crippen molar-refractivity contribution in [1.29, 1.82) is 0 Å². The highest BCUT2D eigenvalue weighted by atomic mass is 16.5. The van der Waals surface area contributed by atoms with Gasteiger partial charge in [-0.3, -0.25) is 4.79 Å². The number of hydrogen-bond donors (Lipinski definition) is 0. The fourth-order valence-electron chi connectivity index (χ4n) is 1.00. The molecule has 0 saturated carbocycles. The lowest BCUT2D eigenvalue weighted by atomic mass is 10.4. The summed E-state index contributed by atoms with van der Waals surface area (Å²) < 4.78 is 4.66. The van der Waals surface area contributed by atoms with E-state index in [1.807, 2.05) is 0 Å².